The molecule has 1 aliphatic heterocycles. The van der Waals surface area contributed by atoms with E-state index >= 15 is 0 Å². The van der Waals surface area contributed by atoms with Gasteiger partial charge in [-0.15, -0.1) is 0 Å². The van der Waals surface area contributed by atoms with Gasteiger partial charge in [-0.2, -0.15) is 13.2 Å². The zero-order chi connectivity index (χ0) is 21.5. The molecule has 1 unspecified atom stereocenters. The number of halogens is 4. The SMILES string of the molecule is O=C(CCCn1c(=O)c2cccn2c2ccc(F)cc21)N1CCCC(C(F)(F)F)C1. The van der Waals surface area contributed by atoms with E-state index in [2.05, 4.69) is 0 Å². The highest BCUT2D eigenvalue weighted by Crippen LogP contribution is 2.33. The lowest BCUT2D eigenvalue weighted by Gasteiger charge is -2.33. The quantitative estimate of drug-likeness (QED) is 0.596. The molecule has 30 heavy (non-hydrogen) atoms. The number of hydrogen-bond donors (Lipinski definition) is 0. The first-order chi connectivity index (χ1) is 14.3. The second-order valence-electron chi connectivity index (χ2n) is 7.68. The van der Waals surface area contributed by atoms with Crippen LogP contribution in [0.5, 0.6) is 0 Å². The standard InChI is InChI=1S/C21H21F4N3O2/c22-15-7-8-16-18(12-15)28(20(30)17-5-2-10-27(16)17)11-3-6-19(29)26-9-1-4-14(13-26)21(23,24)25/h2,5,7-8,10,12,14H,1,3-4,6,9,11,13H2. The lowest BCUT2D eigenvalue weighted by Crippen LogP contribution is -2.44. The van der Waals surface area contributed by atoms with Gasteiger partial charge >= 0.3 is 6.18 Å². The first-order valence-electron chi connectivity index (χ1n) is 9.89. The third kappa shape index (κ3) is 3.80. The van der Waals surface area contributed by atoms with E-state index in [4.69, 9.17) is 0 Å². The third-order valence-corrected chi connectivity index (χ3v) is 5.71. The van der Waals surface area contributed by atoms with Crippen LogP contribution in [-0.2, 0) is 11.3 Å². The molecule has 2 aromatic heterocycles. The molecule has 1 amide bonds. The highest BCUT2D eigenvalue weighted by atomic mass is 19.4. The van der Waals surface area contributed by atoms with Crippen molar-refractivity contribution in [3.05, 3.63) is 52.7 Å². The van der Waals surface area contributed by atoms with Crippen molar-refractivity contribution in [1.29, 1.82) is 0 Å². The second-order valence-corrected chi connectivity index (χ2v) is 7.68. The van der Waals surface area contributed by atoms with Gasteiger partial charge in [0.1, 0.15) is 11.3 Å². The van der Waals surface area contributed by atoms with Crippen molar-refractivity contribution in [3.8, 4) is 0 Å². The predicted molar refractivity (Wildman–Crippen MR) is 104 cm³/mol. The van der Waals surface area contributed by atoms with E-state index in [-0.39, 0.29) is 43.8 Å². The maximum Gasteiger partial charge on any atom is 0.393 e. The molecule has 5 nitrogen and oxygen atoms in total. The Morgan fingerprint density at radius 2 is 1.93 bits per heavy atom. The molecule has 0 saturated carbocycles. The topological polar surface area (TPSA) is 46.7 Å². The van der Waals surface area contributed by atoms with Crippen molar-refractivity contribution in [2.45, 2.75) is 38.4 Å². The lowest BCUT2D eigenvalue weighted by molar-refractivity contribution is -0.188. The van der Waals surface area contributed by atoms with E-state index in [0.717, 1.165) is 0 Å². The second kappa shape index (κ2) is 7.77. The van der Waals surface area contributed by atoms with Crippen LogP contribution in [0.1, 0.15) is 25.7 Å². The number of alkyl halides is 3. The molecular formula is C21H21F4N3O2. The molecule has 0 aliphatic carbocycles. The van der Waals surface area contributed by atoms with E-state index in [9.17, 15) is 27.2 Å². The average molecular weight is 423 g/mol. The minimum Gasteiger partial charge on any atom is -0.342 e. The summed E-state index contributed by atoms with van der Waals surface area (Å²) in [4.78, 5) is 26.5. The molecule has 1 saturated heterocycles. The minimum absolute atomic E-state index is 0.0278. The number of nitrogens with zero attached hydrogens (tertiary/aromatic N) is 3. The van der Waals surface area contributed by atoms with E-state index in [1.165, 1.54) is 21.6 Å². The Hall–Kier alpha value is -2.84. The molecule has 0 bridgehead atoms. The van der Waals surface area contributed by atoms with Crippen molar-refractivity contribution in [1.82, 2.24) is 13.9 Å². The van der Waals surface area contributed by atoms with Crippen LogP contribution in [0.15, 0.2) is 41.3 Å². The summed E-state index contributed by atoms with van der Waals surface area (Å²) in [6.45, 7) is 0.172. The smallest absolute Gasteiger partial charge is 0.342 e. The Labute approximate surface area is 169 Å². The first-order valence-corrected chi connectivity index (χ1v) is 9.89. The highest BCUT2D eigenvalue weighted by Gasteiger charge is 2.42. The fourth-order valence-electron chi connectivity index (χ4n) is 4.17. The van der Waals surface area contributed by atoms with Gasteiger partial charge in [0.05, 0.1) is 17.0 Å². The van der Waals surface area contributed by atoms with Gasteiger partial charge in [-0.3, -0.25) is 9.59 Å². The Balaban J connectivity index is 1.51. The molecule has 1 fully saturated rings. The van der Waals surface area contributed by atoms with Gasteiger partial charge in [-0.25, -0.2) is 4.39 Å². The van der Waals surface area contributed by atoms with Gasteiger partial charge in [0.2, 0.25) is 5.91 Å². The molecule has 1 aliphatic rings. The molecule has 0 spiro atoms. The van der Waals surface area contributed by atoms with Gasteiger partial charge in [-0.05, 0) is 49.6 Å². The molecular weight excluding hydrogens is 402 g/mol. The largest absolute Gasteiger partial charge is 0.393 e. The van der Waals surface area contributed by atoms with Crippen LogP contribution in [-0.4, -0.2) is 39.0 Å². The van der Waals surface area contributed by atoms with Crippen LogP contribution in [0, 0.1) is 11.7 Å². The molecule has 9 heteroatoms. The monoisotopic (exact) mass is 423 g/mol. The average Bonchev–Trinajstić information content (AvgIpc) is 3.20. The number of hydrogen-bond acceptors (Lipinski definition) is 2. The zero-order valence-corrected chi connectivity index (χ0v) is 16.2. The van der Waals surface area contributed by atoms with Crippen molar-refractivity contribution in [2.24, 2.45) is 5.92 Å². The van der Waals surface area contributed by atoms with Crippen molar-refractivity contribution < 1.29 is 22.4 Å². The summed E-state index contributed by atoms with van der Waals surface area (Å²) in [5.41, 5.74) is 1.20. The summed E-state index contributed by atoms with van der Waals surface area (Å²) in [5.74, 6) is -2.32. The summed E-state index contributed by atoms with van der Waals surface area (Å²) in [7, 11) is 0. The van der Waals surface area contributed by atoms with Gasteiger partial charge < -0.3 is 13.9 Å². The lowest BCUT2D eigenvalue weighted by atomic mass is 9.97. The number of amides is 1. The number of rotatable bonds is 4. The third-order valence-electron chi connectivity index (χ3n) is 5.71. The van der Waals surface area contributed by atoms with Gasteiger partial charge in [0.25, 0.3) is 5.56 Å². The molecule has 1 atom stereocenters. The van der Waals surface area contributed by atoms with E-state index in [0.29, 0.717) is 29.5 Å². The summed E-state index contributed by atoms with van der Waals surface area (Å²) in [6, 6.07) is 7.56. The van der Waals surface area contributed by atoms with E-state index < -0.39 is 17.9 Å². The number of likely N-dealkylation sites (tertiary alicyclic amines) is 1. The molecule has 160 valence electrons. The first kappa shape index (κ1) is 20.4. The number of carbonyl (C=O) groups is 1. The summed E-state index contributed by atoms with van der Waals surface area (Å²) < 4.78 is 55.8. The van der Waals surface area contributed by atoms with Gasteiger partial charge in [0, 0.05) is 32.3 Å². The van der Waals surface area contributed by atoms with Crippen LogP contribution in [0.4, 0.5) is 17.6 Å². The van der Waals surface area contributed by atoms with E-state index in [1.54, 1.807) is 28.8 Å². The van der Waals surface area contributed by atoms with Crippen LogP contribution < -0.4 is 5.56 Å². The van der Waals surface area contributed by atoms with Crippen LogP contribution >= 0.6 is 0 Å². The van der Waals surface area contributed by atoms with Crippen molar-refractivity contribution in [3.63, 3.8) is 0 Å². The number of benzene rings is 1. The van der Waals surface area contributed by atoms with Crippen LogP contribution in [0.3, 0.4) is 0 Å². The fraction of sp³-hybridized carbons (Fsp3) is 0.429. The van der Waals surface area contributed by atoms with Crippen molar-refractivity contribution in [2.75, 3.05) is 13.1 Å². The predicted octanol–water partition coefficient (Wildman–Crippen LogP) is 3.97. The Kier molecular flexibility index (Phi) is 5.29. The number of aromatic nitrogens is 2. The Bertz CT molecular complexity index is 1150. The normalized spacial score (nSPS) is 17.7. The molecule has 3 heterocycles. The Morgan fingerprint density at radius 1 is 1.13 bits per heavy atom. The molecule has 1 aromatic carbocycles. The van der Waals surface area contributed by atoms with Crippen LogP contribution in [0.2, 0.25) is 0 Å². The number of fused-ring (bicyclic) bond motifs is 3. The highest BCUT2D eigenvalue weighted by molar-refractivity contribution is 5.79. The molecule has 0 radical (unpaired) electrons. The van der Waals surface area contributed by atoms with Gasteiger partial charge in [-0.1, -0.05) is 0 Å². The van der Waals surface area contributed by atoms with E-state index in [1.807, 2.05) is 0 Å². The van der Waals surface area contributed by atoms with Crippen molar-refractivity contribution >= 4 is 22.5 Å². The van der Waals surface area contributed by atoms with Crippen LogP contribution in [0.25, 0.3) is 16.6 Å². The summed E-state index contributed by atoms with van der Waals surface area (Å²) >= 11 is 0. The molecule has 0 N–H and O–H groups in total. The maximum atomic E-state index is 13.8. The Morgan fingerprint density at radius 3 is 2.70 bits per heavy atom. The number of aryl methyl sites for hydroxylation is 1. The summed E-state index contributed by atoms with van der Waals surface area (Å²) in [6.07, 6.45) is -1.92. The number of carbonyl (C=O) groups excluding carboxylic acids is 1. The van der Waals surface area contributed by atoms with Gasteiger partial charge in [0.15, 0.2) is 0 Å². The number of piperidine rings is 1. The molecule has 4 rings (SSSR count). The minimum atomic E-state index is -4.30. The zero-order valence-electron chi connectivity index (χ0n) is 16.2. The molecule has 3 aromatic rings. The maximum absolute atomic E-state index is 13.8. The summed E-state index contributed by atoms with van der Waals surface area (Å²) in [5, 5.41) is 0. The fourth-order valence-corrected chi connectivity index (χ4v) is 4.17.